The van der Waals surface area contributed by atoms with Crippen molar-refractivity contribution in [3.8, 4) is 11.3 Å². The molecule has 7 nitrogen and oxygen atoms in total. The number of fused-ring (bicyclic) bond motifs is 1. The molecule has 2 aromatic heterocycles. The predicted octanol–water partition coefficient (Wildman–Crippen LogP) is 4.57. The Morgan fingerprint density at radius 1 is 1.00 bits per heavy atom. The average molecular weight is 441 g/mol. The van der Waals surface area contributed by atoms with Crippen LogP contribution in [-0.2, 0) is 16.9 Å². The van der Waals surface area contributed by atoms with Gasteiger partial charge in [-0.05, 0) is 37.6 Å². The number of urea groups is 1. The molecule has 0 bridgehead atoms. The third kappa shape index (κ3) is 3.16. The Morgan fingerprint density at radius 2 is 1.73 bits per heavy atom. The van der Waals surface area contributed by atoms with Gasteiger partial charge in [0.15, 0.2) is 11.3 Å². The van der Waals surface area contributed by atoms with Gasteiger partial charge in [-0.3, -0.25) is 14.5 Å². The van der Waals surface area contributed by atoms with E-state index in [1.54, 1.807) is 19.1 Å². The van der Waals surface area contributed by atoms with Crippen molar-refractivity contribution in [3.05, 3.63) is 84.3 Å². The summed E-state index contributed by atoms with van der Waals surface area (Å²) in [5.41, 5.74) is 1.77. The Labute approximate surface area is 190 Å². The maximum Gasteiger partial charge on any atom is 0.325 e. The molecular formula is C26H23N3O4. The fourth-order valence-corrected chi connectivity index (χ4v) is 4.60. The molecule has 0 radical (unpaired) electrons. The molecule has 1 aliphatic heterocycles. The number of nitrogens with one attached hydrogen (secondary N) is 1. The average Bonchev–Trinajstić information content (AvgIpc) is 3.53. The molecule has 3 amide bonds. The van der Waals surface area contributed by atoms with Gasteiger partial charge in [0.25, 0.3) is 5.91 Å². The van der Waals surface area contributed by atoms with E-state index in [0.717, 1.165) is 27.1 Å². The number of furan rings is 1. The van der Waals surface area contributed by atoms with Gasteiger partial charge in [0, 0.05) is 17.4 Å². The van der Waals surface area contributed by atoms with Crippen LogP contribution in [-0.4, -0.2) is 33.7 Å². The normalized spacial score (nSPS) is 18.2. The van der Waals surface area contributed by atoms with E-state index in [2.05, 4.69) is 9.88 Å². The van der Waals surface area contributed by atoms with Gasteiger partial charge in [-0.25, -0.2) is 4.79 Å². The molecule has 1 aliphatic rings. The Hall–Kier alpha value is -4.13. The van der Waals surface area contributed by atoms with Crippen LogP contribution in [0.4, 0.5) is 4.79 Å². The number of benzene rings is 2. The summed E-state index contributed by atoms with van der Waals surface area (Å²) in [4.78, 5) is 40.6. The van der Waals surface area contributed by atoms with Gasteiger partial charge in [0.05, 0.1) is 24.1 Å². The number of carbonyl (C=O) groups is 3. The van der Waals surface area contributed by atoms with Crippen LogP contribution >= 0.6 is 0 Å². The summed E-state index contributed by atoms with van der Waals surface area (Å²) in [6, 6.07) is 20.0. The molecule has 3 heterocycles. The molecule has 4 aromatic rings. The van der Waals surface area contributed by atoms with Crippen LogP contribution in [0.1, 0.15) is 30.0 Å². The zero-order valence-corrected chi connectivity index (χ0v) is 18.4. The minimum absolute atomic E-state index is 0.301. The first-order chi connectivity index (χ1) is 16.0. The number of para-hydroxylation sites is 1. The van der Waals surface area contributed by atoms with E-state index in [1.807, 2.05) is 61.5 Å². The summed E-state index contributed by atoms with van der Waals surface area (Å²) in [6.45, 7) is 3.91. The molecule has 0 spiro atoms. The van der Waals surface area contributed by atoms with Crippen LogP contribution in [0.5, 0.6) is 0 Å². The first-order valence-electron chi connectivity index (χ1n) is 10.8. The van der Waals surface area contributed by atoms with E-state index in [9.17, 15) is 14.4 Å². The first-order valence-corrected chi connectivity index (χ1v) is 10.8. The van der Waals surface area contributed by atoms with Gasteiger partial charge in [0.1, 0.15) is 5.76 Å². The summed E-state index contributed by atoms with van der Waals surface area (Å²) >= 11 is 0. The lowest BCUT2D eigenvalue weighted by Gasteiger charge is -2.19. The summed E-state index contributed by atoms with van der Waals surface area (Å²) < 4.78 is 7.47. The highest BCUT2D eigenvalue weighted by atomic mass is 16.3. The van der Waals surface area contributed by atoms with Crippen molar-refractivity contribution in [2.75, 3.05) is 6.54 Å². The van der Waals surface area contributed by atoms with Gasteiger partial charge >= 0.3 is 6.03 Å². The van der Waals surface area contributed by atoms with E-state index < -0.39 is 17.5 Å². The van der Waals surface area contributed by atoms with Crippen LogP contribution in [0.2, 0.25) is 0 Å². The molecule has 0 saturated carbocycles. The second-order valence-corrected chi connectivity index (χ2v) is 8.20. The summed E-state index contributed by atoms with van der Waals surface area (Å²) in [5.74, 6) is -0.496. The number of nitrogens with zero attached hydrogens (tertiary/aromatic N) is 2. The van der Waals surface area contributed by atoms with E-state index >= 15 is 0 Å². The molecule has 0 aliphatic carbocycles. The number of ketones is 1. The van der Waals surface area contributed by atoms with E-state index in [0.29, 0.717) is 17.9 Å². The topological polar surface area (TPSA) is 84.6 Å². The quantitative estimate of drug-likeness (QED) is 0.351. The van der Waals surface area contributed by atoms with Crippen LogP contribution < -0.4 is 5.32 Å². The molecule has 7 heteroatoms. The van der Waals surface area contributed by atoms with Crippen molar-refractivity contribution < 1.29 is 18.8 Å². The maximum absolute atomic E-state index is 13.7. The summed E-state index contributed by atoms with van der Waals surface area (Å²) in [6.07, 6.45) is 1.44. The van der Waals surface area contributed by atoms with Crippen molar-refractivity contribution in [2.24, 2.45) is 0 Å². The van der Waals surface area contributed by atoms with Gasteiger partial charge in [-0.2, -0.15) is 0 Å². The van der Waals surface area contributed by atoms with Gasteiger partial charge < -0.3 is 14.3 Å². The van der Waals surface area contributed by atoms with Gasteiger partial charge in [-0.1, -0.05) is 48.5 Å². The second kappa shape index (κ2) is 7.78. The maximum atomic E-state index is 13.7. The van der Waals surface area contributed by atoms with Crippen LogP contribution in [0.15, 0.2) is 77.4 Å². The van der Waals surface area contributed by atoms with Crippen molar-refractivity contribution in [1.29, 1.82) is 0 Å². The zero-order valence-electron chi connectivity index (χ0n) is 18.4. The molecule has 5 rings (SSSR count). The Kier molecular flexibility index (Phi) is 4.89. The SMILES string of the molecule is CCn1c(-c2ccccc2)c(C(=O)CN2C(=O)N[C@@](C)(c3ccco3)C2=O)c2ccccc21. The Balaban J connectivity index is 1.59. The van der Waals surface area contributed by atoms with Gasteiger partial charge in [0.2, 0.25) is 0 Å². The van der Waals surface area contributed by atoms with Crippen LogP contribution in [0.25, 0.3) is 22.2 Å². The van der Waals surface area contributed by atoms with Crippen molar-refractivity contribution in [2.45, 2.75) is 25.9 Å². The molecule has 1 N–H and O–H groups in total. The lowest BCUT2D eigenvalue weighted by molar-refractivity contribution is -0.131. The largest absolute Gasteiger partial charge is 0.466 e. The molecule has 0 unspecified atom stereocenters. The molecule has 2 aromatic carbocycles. The number of imide groups is 1. The molecule has 33 heavy (non-hydrogen) atoms. The zero-order chi connectivity index (χ0) is 23.2. The number of hydrogen-bond donors (Lipinski definition) is 1. The highest BCUT2D eigenvalue weighted by Gasteiger charge is 2.51. The number of hydrogen-bond acceptors (Lipinski definition) is 4. The number of amides is 3. The van der Waals surface area contributed by atoms with Crippen LogP contribution in [0.3, 0.4) is 0 Å². The number of aromatic nitrogens is 1. The third-order valence-corrected chi connectivity index (χ3v) is 6.20. The summed E-state index contributed by atoms with van der Waals surface area (Å²) in [7, 11) is 0. The van der Waals surface area contributed by atoms with Gasteiger partial charge in [-0.15, -0.1) is 0 Å². The highest BCUT2D eigenvalue weighted by Crippen LogP contribution is 2.35. The smallest absolute Gasteiger partial charge is 0.325 e. The molecular weight excluding hydrogens is 418 g/mol. The number of carbonyl (C=O) groups excluding carboxylic acids is 3. The lowest BCUT2D eigenvalue weighted by atomic mass is 9.98. The number of Topliss-reactive ketones (excluding diaryl/α,β-unsaturated/α-hetero) is 1. The monoisotopic (exact) mass is 441 g/mol. The molecule has 166 valence electrons. The highest BCUT2D eigenvalue weighted by molar-refractivity contribution is 6.17. The minimum atomic E-state index is -1.35. The third-order valence-electron chi connectivity index (χ3n) is 6.20. The van der Waals surface area contributed by atoms with Crippen LogP contribution in [0, 0.1) is 0 Å². The standard InChI is InChI=1S/C26H23N3O4/c1-3-28-19-13-8-7-12-18(19)22(23(28)17-10-5-4-6-11-17)20(30)16-29-24(31)26(2,27-25(29)32)21-14-9-15-33-21/h4-15H,3,16H2,1-2H3,(H,27,32)/t26-/m0/s1. The molecule has 1 saturated heterocycles. The van der Waals surface area contributed by atoms with Crippen molar-refractivity contribution in [1.82, 2.24) is 14.8 Å². The Bertz CT molecular complexity index is 1370. The predicted molar refractivity (Wildman–Crippen MR) is 124 cm³/mol. The van der Waals surface area contributed by atoms with Crippen molar-refractivity contribution in [3.63, 3.8) is 0 Å². The van der Waals surface area contributed by atoms with E-state index in [4.69, 9.17) is 4.42 Å². The fraction of sp³-hybridized carbons (Fsp3) is 0.192. The minimum Gasteiger partial charge on any atom is -0.466 e. The van der Waals surface area contributed by atoms with E-state index in [1.165, 1.54) is 6.26 Å². The summed E-state index contributed by atoms with van der Waals surface area (Å²) in [5, 5.41) is 3.47. The van der Waals surface area contributed by atoms with Crippen molar-refractivity contribution >= 4 is 28.6 Å². The van der Waals surface area contributed by atoms with E-state index in [-0.39, 0.29) is 12.3 Å². The number of rotatable bonds is 6. The molecule has 1 fully saturated rings. The molecule has 1 atom stereocenters. The fourth-order valence-electron chi connectivity index (χ4n) is 4.60. The number of aryl methyl sites for hydroxylation is 1. The second-order valence-electron chi connectivity index (χ2n) is 8.20. The Morgan fingerprint density at radius 3 is 2.42 bits per heavy atom. The lowest BCUT2D eigenvalue weighted by Crippen LogP contribution is -2.41. The first kappa shape index (κ1) is 20.8.